The minimum atomic E-state index is -1.15. The average Bonchev–Trinajstić information content (AvgIpc) is 3.07. The van der Waals surface area contributed by atoms with Crippen LogP contribution in [0.2, 0.25) is 0 Å². The normalized spacial score (nSPS) is 10.2. The molecule has 0 aromatic carbocycles. The topological polar surface area (TPSA) is 148 Å². The van der Waals surface area contributed by atoms with Gasteiger partial charge in [0.2, 0.25) is 6.39 Å². The lowest BCUT2D eigenvalue weighted by Crippen LogP contribution is -2.37. The monoisotopic (exact) mass is 281 g/mol. The number of carbonyl (C=O) groups is 2. The molecule has 20 heavy (non-hydrogen) atoms. The summed E-state index contributed by atoms with van der Waals surface area (Å²) >= 11 is 0. The molecule has 2 heterocycles. The van der Waals surface area contributed by atoms with Crippen molar-refractivity contribution in [3.8, 4) is 0 Å². The van der Waals surface area contributed by atoms with E-state index in [1.807, 2.05) is 0 Å². The molecule has 2 rings (SSSR count). The van der Waals surface area contributed by atoms with Crippen LogP contribution < -0.4 is 10.6 Å². The van der Waals surface area contributed by atoms with Crippen molar-refractivity contribution in [1.82, 2.24) is 35.8 Å². The molecule has 0 aliphatic heterocycles. The Morgan fingerprint density at radius 3 is 2.90 bits per heavy atom. The first-order chi connectivity index (χ1) is 9.65. The van der Waals surface area contributed by atoms with Crippen LogP contribution in [0, 0.1) is 0 Å². The van der Waals surface area contributed by atoms with Crippen molar-refractivity contribution in [2.45, 2.75) is 13.1 Å². The number of aromatic nitrogens is 5. The number of aromatic carboxylic acids is 1. The molecule has 0 aliphatic carbocycles. The van der Waals surface area contributed by atoms with Gasteiger partial charge in [0, 0.05) is 6.54 Å². The Morgan fingerprint density at radius 1 is 1.40 bits per heavy atom. The van der Waals surface area contributed by atoms with E-state index >= 15 is 0 Å². The average molecular weight is 281 g/mol. The van der Waals surface area contributed by atoms with Gasteiger partial charge < -0.3 is 20.3 Å². The van der Waals surface area contributed by atoms with Crippen molar-refractivity contribution >= 4 is 12.0 Å². The standard InChI is InChI=1S/C9H11N7O4/c17-8(18)6-4-16(15-13-6)2-1-10-9(19)11-3-7-12-5-20-14-7/h4-5H,1-3H2,(H,17,18)(H2,10,11,19). The maximum atomic E-state index is 11.4. The summed E-state index contributed by atoms with van der Waals surface area (Å²) in [6, 6.07) is -0.409. The zero-order chi connectivity index (χ0) is 14.4. The lowest BCUT2D eigenvalue weighted by atomic mass is 10.5. The molecule has 0 saturated heterocycles. The number of rotatable bonds is 6. The first-order valence-electron chi connectivity index (χ1n) is 5.55. The van der Waals surface area contributed by atoms with Gasteiger partial charge in [0.05, 0.1) is 19.3 Å². The van der Waals surface area contributed by atoms with E-state index in [0.29, 0.717) is 12.4 Å². The maximum Gasteiger partial charge on any atom is 0.358 e. The van der Waals surface area contributed by atoms with E-state index in [2.05, 4.69) is 35.6 Å². The predicted octanol–water partition coefficient (Wildman–Crippen LogP) is -1.14. The van der Waals surface area contributed by atoms with Crippen LogP contribution in [-0.2, 0) is 13.1 Å². The molecule has 106 valence electrons. The molecule has 0 spiro atoms. The van der Waals surface area contributed by atoms with Crippen LogP contribution in [0.3, 0.4) is 0 Å². The first-order valence-corrected chi connectivity index (χ1v) is 5.55. The fraction of sp³-hybridized carbons (Fsp3) is 0.333. The second-order valence-corrected chi connectivity index (χ2v) is 3.63. The molecule has 0 atom stereocenters. The summed E-state index contributed by atoms with van der Waals surface area (Å²) in [5, 5.41) is 24.3. The Kier molecular flexibility index (Phi) is 4.21. The molecule has 3 N–H and O–H groups in total. The fourth-order valence-electron chi connectivity index (χ4n) is 1.28. The van der Waals surface area contributed by atoms with Gasteiger partial charge in [0.15, 0.2) is 11.5 Å². The second-order valence-electron chi connectivity index (χ2n) is 3.63. The zero-order valence-corrected chi connectivity index (χ0v) is 10.2. The van der Waals surface area contributed by atoms with E-state index in [1.54, 1.807) is 0 Å². The van der Waals surface area contributed by atoms with Gasteiger partial charge in [0.1, 0.15) is 0 Å². The number of nitrogens with one attached hydrogen (secondary N) is 2. The van der Waals surface area contributed by atoms with Gasteiger partial charge >= 0.3 is 12.0 Å². The highest BCUT2D eigenvalue weighted by Gasteiger charge is 2.08. The fourth-order valence-corrected chi connectivity index (χ4v) is 1.28. The van der Waals surface area contributed by atoms with Crippen molar-refractivity contribution in [3.05, 3.63) is 24.1 Å². The highest BCUT2D eigenvalue weighted by atomic mass is 16.5. The van der Waals surface area contributed by atoms with E-state index in [0.717, 1.165) is 0 Å². The largest absolute Gasteiger partial charge is 0.476 e. The number of urea groups is 1. The Hall–Kier alpha value is -2.98. The number of amides is 2. The number of hydrogen-bond acceptors (Lipinski definition) is 7. The lowest BCUT2D eigenvalue weighted by molar-refractivity contribution is 0.0690. The summed E-state index contributed by atoms with van der Waals surface area (Å²) < 4.78 is 5.83. The highest BCUT2D eigenvalue weighted by Crippen LogP contribution is 1.92. The summed E-state index contributed by atoms with van der Waals surface area (Å²) in [5.41, 5.74) is -0.147. The molecule has 2 amide bonds. The highest BCUT2D eigenvalue weighted by molar-refractivity contribution is 5.84. The Labute approximate surface area is 112 Å². The molecule has 0 aliphatic rings. The summed E-state index contributed by atoms with van der Waals surface area (Å²) in [5.74, 6) is -0.787. The summed E-state index contributed by atoms with van der Waals surface area (Å²) in [7, 11) is 0. The third-order valence-corrected chi connectivity index (χ3v) is 2.20. The number of nitrogens with zero attached hydrogens (tertiary/aromatic N) is 5. The van der Waals surface area contributed by atoms with Gasteiger partial charge in [-0.1, -0.05) is 10.4 Å². The van der Waals surface area contributed by atoms with E-state index in [-0.39, 0.29) is 18.8 Å². The van der Waals surface area contributed by atoms with E-state index in [4.69, 9.17) is 5.11 Å². The van der Waals surface area contributed by atoms with Crippen LogP contribution >= 0.6 is 0 Å². The molecule has 0 fully saturated rings. The first kappa shape index (κ1) is 13.5. The minimum Gasteiger partial charge on any atom is -0.476 e. The van der Waals surface area contributed by atoms with Crippen molar-refractivity contribution < 1.29 is 19.2 Å². The number of carboxylic acid groups (broad SMARTS) is 1. The zero-order valence-electron chi connectivity index (χ0n) is 10.2. The van der Waals surface area contributed by atoms with Gasteiger partial charge in [0.25, 0.3) is 0 Å². The van der Waals surface area contributed by atoms with Crippen LogP contribution in [-0.4, -0.2) is 48.8 Å². The van der Waals surface area contributed by atoms with Gasteiger partial charge in [-0.2, -0.15) is 4.98 Å². The molecule has 0 saturated carbocycles. The van der Waals surface area contributed by atoms with Crippen LogP contribution in [0.4, 0.5) is 4.79 Å². The van der Waals surface area contributed by atoms with Gasteiger partial charge in [-0.3, -0.25) is 0 Å². The number of hydrogen-bond donors (Lipinski definition) is 3. The Bertz CT molecular complexity index is 579. The molecule has 0 radical (unpaired) electrons. The molecular formula is C9H11N7O4. The Balaban J connectivity index is 1.67. The summed E-state index contributed by atoms with van der Waals surface area (Å²) in [6.07, 6.45) is 2.45. The molecular weight excluding hydrogens is 270 g/mol. The van der Waals surface area contributed by atoms with Crippen LogP contribution in [0.1, 0.15) is 16.3 Å². The predicted molar refractivity (Wildman–Crippen MR) is 61.5 cm³/mol. The van der Waals surface area contributed by atoms with Gasteiger partial charge in [-0.15, -0.1) is 5.10 Å². The third-order valence-electron chi connectivity index (χ3n) is 2.20. The number of carboxylic acids is 1. The Morgan fingerprint density at radius 2 is 2.25 bits per heavy atom. The smallest absolute Gasteiger partial charge is 0.358 e. The van der Waals surface area contributed by atoms with Crippen molar-refractivity contribution in [2.24, 2.45) is 0 Å². The molecule has 0 bridgehead atoms. The molecule has 2 aromatic heterocycles. The molecule has 11 nitrogen and oxygen atoms in total. The van der Waals surface area contributed by atoms with E-state index in [9.17, 15) is 9.59 Å². The minimum absolute atomic E-state index is 0.147. The van der Waals surface area contributed by atoms with Crippen molar-refractivity contribution in [3.63, 3.8) is 0 Å². The van der Waals surface area contributed by atoms with Crippen LogP contribution in [0.15, 0.2) is 17.1 Å². The third kappa shape index (κ3) is 3.76. The van der Waals surface area contributed by atoms with Crippen LogP contribution in [0.5, 0.6) is 0 Å². The lowest BCUT2D eigenvalue weighted by Gasteiger charge is -2.05. The molecule has 0 unspecified atom stereocenters. The van der Waals surface area contributed by atoms with Crippen LogP contribution in [0.25, 0.3) is 0 Å². The maximum absolute atomic E-state index is 11.4. The van der Waals surface area contributed by atoms with E-state index < -0.39 is 12.0 Å². The summed E-state index contributed by atoms with van der Waals surface area (Å²) in [6.45, 7) is 0.714. The number of carbonyl (C=O) groups excluding carboxylic acids is 1. The summed E-state index contributed by atoms with van der Waals surface area (Å²) in [4.78, 5) is 25.7. The van der Waals surface area contributed by atoms with Crippen molar-refractivity contribution in [2.75, 3.05) is 6.54 Å². The second kappa shape index (κ2) is 6.26. The molecule has 11 heteroatoms. The van der Waals surface area contributed by atoms with Crippen molar-refractivity contribution in [1.29, 1.82) is 0 Å². The quantitative estimate of drug-likeness (QED) is 0.601. The van der Waals surface area contributed by atoms with E-state index in [1.165, 1.54) is 17.3 Å². The van der Waals surface area contributed by atoms with Gasteiger partial charge in [-0.05, 0) is 0 Å². The molecule has 2 aromatic rings. The van der Waals surface area contributed by atoms with Gasteiger partial charge in [-0.25, -0.2) is 14.3 Å². The SMILES string of the molecule is O=C(NCCn1cc(C(=O)O)nn1)NCc1ncon1.